The van der Waals surface area contributed by atoms with Gasteiger partial charge in [0, 0.05) is 18.4 Å². The predicted molar refractivity (Wildman–Crippen MR) is 152 cm³/mol. The van der Waals surface area contributed by atoms with E-state index in [9.17, 15) is 24.0 Å². The molecule has 1 aromatic heterocycles. The molecule has 0 spiro atoms. The van der Waals surface area contributed by atoms with Crippen molar-refractivity contribution in [2.24, 2.45) is 0 Å². The highest BCUT2D eigenvalue weighted by Gasteiger charge is 2.36. The fourth-order valence-corrected chi connectivity index (χ4v) is 4.88. The van der Waals surface area contributed by atoms with Gasteiger partial charge in [-0.05, 0) is 43.2 Å². The van der Waals surface area contributed by atoms with Crippen LogP contribution in [0.1, 0.15) is 23.2 Å². The largest absolute Gasteiger partial charge is 0.467 e. The number of nitrogens with one attached hydrogen (secondary N) is 3. The number of esters is 1. The van der Waals surface area contributed by atoms with Gasteiger partial charge < -0.3 is 25.6 Å². The summed E-state index contributed by atoms with van der Waals surface area (Å²) < 4.78 is 5.89. The van der Waals surface area contributed by atoms with Crippen molar-refractivity contribution < 1.29 is 23.9 Å². The third-order valence-electron chi connectivity index (χ3n) is 6.33. The summed E-state index contributed by atoms with van der Waals surface area (Å²) in [6.07, 6.45) is 2.34. The quantitative estimate of drug-likeness (QED) is 0.336. The summed E-state index contributed by atoms with van der Waals surface area (Å²) in [5.41, 5.74) is -0.191. The third-order valence-corrected chi connectivity index (χ3v) is 6.96. The average molecular weight is 601 g/mol. The molecule has 1 aliphatic heterocycles. The first kappa shape index (κ1) is 29.6. The highest BCUT2D eigenvalue weighted by Crippen LogP contribution is 2.25. The van der Waals surface area contributed by atoms with Gasteiger partial charge in [0.05, 0.1) is 29.3 Å². The zero-order valence-electron chi connectivity index (χ0n) is 21.8. The summed E-state index contributed by atoms with van der Waals surface area (Å²) in [7, 11) is 1.15. The standard InChI is InChI=1S/C27H26Cl2N6O6/c1-41-25(38)19(31-27(40)35-13-6-11-20(35)23(36)30-16-7-3-2-4-8-16)15-34-14-12-21(33-26(34)39)32-24(37)22-17(28)9-5-10-18(22)29/h2-5,7-10,12,14,19-20H,6,11,13,15H2,1H3,(H,30,36)(H,31,40)(H,32,33,37,39)/t19-,20-/m1/s1. The monoisotopic (exact) mass is 600 g/mol. The molecule has 1 fully saturated rings. The van der Waals surface area contributed by atoms with Gasteiger partial charge >= 0.3 is 17.7 Å². The van der Waals surface area contributed by atoms with Crippen molar-refractivity contribution in [3.05, 3.63) is 86.9 Å². The van der Waals surface area contributed by atoms with E-state index >= 15 is 0 Å². The Morgan fingerprint density at radius 3 is 2.39 bits per heavy atom. The number of carbonyl (C=O) groups is 4. The van der Waals surface area contributed by atoms with E-state index in [1.807, 2.05) is 6.07 Å². The van der Waals surface area contributed by atoms with E-state index in [1.165, 1.54) is 29.3 Å². The molecule has 0 aliphatic carbocycles. The van der Waals surface area contributed by atoms with Gasteiger partial charge in [0.15, 0.2) is 0 Å². The molecule has 1 saturated heterocycles. The molecule has 0 unspecified atom stereocenters. The van der Waals surface area contributed by atoms with Crippen molar-refractivity contribution in [1.29, 1.82) is 0 Å². The van der Waals surface area contributed by atoms with Gasteiger partial charge in [-0.3, -0.25) is 14.2 Å². The second-order valence-electron chi connectivity index (χ2n) is 9.03. The van der Waals surface area contributed by atoms with Crippen molar-refractivity contribution in [3.8, 4) is 0 Å². The number of amides is 4. The Kier molecular flexibility index (Phi) is 9.58. The van der Waals surface area contributed by atoms with Crippen molar-refractivity contribution in [2.45, 2.75) is 31.5 Å². The minimum absolute atomic E-state index is 0.0212. The Bertz CT molecular complexity index is 1500. The number of benzene rings is 2. The first-order valence-electron chi connectivity index (χ1n) is 12.5. The van der Waals surface area contributed by atoms with Crippen LogP contribution in [0, 0.1) is 0 Å². The second-order valence-corrected chi connectivity index (χ2v) is 9.84. The number of ether oxygens (including phenoxy) is 1. The molecule has 214 valence electrons. The maximum absolute atomic E-state index is 13.1. The summed E-state index contributed by atoms with van der Waals surface area (Å²) in [6.45, 7) is -0.0124. The lowest BCUT2D eigenvalue weighted by atomic mass is 10.2. The zero-order chi connectivity index (χ0) is 29.5. The zero-order valence-corrected chi connectivity index (χ0v) is 23.3. The Hall–Kier alpha value is -4.42. The number of likely N-dealkylation sites (tertiary alicyclic amines) is 1. The van der Waals surface area contributed by atoms with E-state index in [2.05, 4.69) is 20.9 Å². The van der Waals surface area contributed by atoms with E-state index < -0.39 is 35.7 Å². The number of para-hydroxylation sites is 1. The minimum atomic E-state index is -1.27. The van der Waals surface area contributed by atoms with E-state index in [-0.39, 0.29) is 33.9 Å². The Balaban J connectivity index is 1.44. The van der Waals surface area contributed by atoms with Gasteiger partial charge in [-0.25, -0.2) is 14.4 Å². The van der Waals surface area contributed by atoms with Crippen LogP contribution in [0.3, 0.4) is 0 Å². The van der Waals surface area contributed by atoms with Crippen LogP contribution in [0.15, 0.2) is 65.6 Å². The van der Waals surface area contributed by atoms with Crippen LogP contribution < -0.4 is 21.6 Å². The van der Waals surface area contributed by atoms with Crippen molar-refractivity contribution in [3.63, 3.8) is 0 Å². The number of hydrogen-bond acceptors (Lipinski definition) is 7. The van der Waals surface area contributed by atoms with Gasteiger partial charge in [0.1, 0.15) is 17.9 Å². The normalized spacial score (nSPS) is 15.1. The lowest BCUT2D eigenvalue weighted by Crippen LogP contribution is -2.53. The molecule has 0 bridgehead atoms. The molecule has 2 aromatic carbocycles. The summed E-state index contributed by atoms with van der Waals surface area (Å²) in [4.78, 5) is 69.0. The highest BCUT2D eigenvalue weighted by molar-refractivity contribution is 6.40. The molecule has 1 aliphatic rings. The minimum Gasteiger partial charge on any atom is -0.467 e. The number of aromatic nitrogens is 2. The maximum Gasteiger partial charge on any atom is 0.349 e. The molecule has 12 nitrogen and oxygen atoms in total. The Labute approximate surface area is 244 Å². The first-order chi connectivity index (χ1) is 19.7. The lowest BCUT2D eigenvalue weighted by Gasteiger charge is -2.26. The number of rotatable bonds is 8. The molecular formula is C27H26Cl2N6O6. The van der Waals surface area contributed by atoms with Crippen molar-refractivity contribution >= 4 is 58.5 Å². The highest BCUT2D eigenvalue weighted by atomic mass is 35.5. The molecule has 2 heterocycles. The molecule has 3 aromatic rings. The number of hydrogen-bond donors (Lipinski definition) is 3. The number of carbonyl (C=O) groups excluding carboxylic acids is 4. The Morgan fingerprint density at radius 2 is 1.73 bits per heavy atom. The third kappa shape index (κ3) is 7.21. The number of urea groups is 1. The second kappa shape index (κ2) is 13.3. The summed E-state index contributed by atoms with van der Waals surface area (Å²) in [5, 5.41) is 8.05. The molecule has 14 heteroatoms. The summed E-state index contributed by atoms with van der Waals surface area (Å²) >= 11 is 12.1. The molecule has 41 heavy (non-hydrogen) atoms. The fourth-order valence-electron chi connectivity index (χ4n) is 4.31. The summed E-state index contributed by atoms with van der Waals surface area (Å²) in [5.74, 6) is -1.90. The van der Waals surface area contributed by atoms with E-state index in [4.69, 9.17) is 27.9 Å². The molecule has 2 atom stereocenters. The van der Waals surface area contributed by atoms with Gasteiger partial charge in [-0.2, -0.15) is 4.98 Å². The number of methoxy groups -OCH3 is 1. The molecular weight excluding hydrogens is 575 g/mol. The SMILES string of the molecule is COC(=O)[C@@H](Cn1ccc(NC(=O)c2c(Cl)cccc2Cl)nc1=O)NC(=O)N1CCC[C@@H]1C(=O)Nc1ccccc1. The van der Waals surface area contributed by atoms with E-state index in [1.54, 1.807) is 30.3 Å². The smallest absolute Gasteiger partial charge is 0.349 e. The van der Waals surface area contributed by atoms with Crippen LogP contribution >= 0.6 is 23.2 Å². The first-order valence-corrected chi connectivity index (χ1v) is 13.3. The van der Waals surface area contributed by atoms with Crippen molar-refractivity contribution in [1.82, 2.24) is 19.8 Å². The van der Waals surface area contributed by atoms with Gasteiger partial charge in [0.2, 0.25) is 5.91 Å². The van der Waals surface area contributed by atoms with Crippen LogP contribution in [0.25, 0.3) is 0 Å². The van der Waals surface area contributed by atoms with Crippen molar-refractivity contribution in [2.75, 3.05) is 24.3 Å². The van der Waals surface area contributed by atoms with Crippen LogP contribution in [-0.4, -0.2) is 64.0 Å². The van der Waals surface area contributed by atoms with Crippen LogP contribution in [0.5, 0.6) is 0 Å². The molecule has 0 radical (unpaired) electrons. The van der Waals surface area contributed by atoms with E-state index in [0.717, 1.165) is 11.7 Å². The number of anilines is 2. The molecule has 0 saturated carbocycles. The molecule has 4 amide bonds. The molecule has 4 rings (SSSR count). The predicted octanol–water partition coefficient (Wildman–Crippen LogP) is 3.16. The maximum atomic E-state index is 13.1. The van der Waals surface area contributed by atoms with Gasteiger partial charge in [-0.1, -0.05) is 47.5 Å². The van der Waals surface area contributed by atoms with Gasteiger partial charge in [0.25, 0.3) is 5.91 Å². The lowest BCUT2D eigenvalue weighted by molar-refractivity contribution is -0.143. The fraction of sp³-hybridized carbons (Fsp3) is 0.259. The van der Waals surface area contributed by atoms with Crippen LogP contribution in [0.2, 0.25) is 10.0 Å². The Morgan fingerprint density at radius 1 is 1.02 bits per heavy atom. The summed E-state index contributed by atoms with van der Waals surface area (Å²) in [6, 6.07) is 12.1. The van der Waals surface area contributed by atoms with E-state index in [0.29, 0.717) is 25.1 Å². The average Bonchev–Trinajstić information content (AvgIpc) is 3.44. The topological polar surface area (TPSA) is 152 Å². The van der Waals surface area contributed by atoms with Crippen LogP contribution in [0.4, 0.5) is 16.3 Å². The van der Waals surface area contributed by atoms with Crippen LogP contribution in [-0.2, 0) is 20.9 Å². The molecule has 3 N–H and O–H groups in total. The number of halogens is 2. The number of nitrogens with zero attached hydrogens (tertiary/aromatic N) is 3. The van der Waals surface area contributed by atoms with Gasteiger partial charge in [-0.15, -0.1) is 0 Å².